The largest absolute Gasteiger partial charge is 0.379 e. The van der Waals surface area contributed by atoms with Gasteiger partial charge in [-0.15, -0.1) is 0 Å². The zero-order chi connectivity index (χ0) is 10.3. The maximum atomic E-state index is 5.35. The molecule has 0 aliphatic heterocycles. The van der Waals surface area contributed by atoms with Crippen LogP contribution < -0.4 is 0 Å². The van der Waals surface area contributed by atoms with Gasteiger partial charge in [0.1, 0.15) is 0 Å². The first-order valence-electron chi connectivity index (χ1n) is 4.62. The van der Waals surface area contributed by atoms with E-state index < -0.39 is 0 Å². The second-order valence-electron chi connectivity index (χ2n) is 3.08. The molecule has 0 saturated heterocycles. The summed E-state index contributed by atoms with van der Waals surface area (Å²) in [5, 5.41) is 0. The zero-order valence-corrected chi connectivity index (χ0v) is 11.1. The highest BCUT2D eigenvalue weighted by atomic mass is 127. The molecule has 0 aromatic rings. The van der Waals surface area contributed by atoms with Crippen molar-refractivity contribution in [3.05, 3.63) is 0 Å². The molecule has 0 saturated carbocycles. The van der Waals surface area contributed by atoms with Crippen LogP contribution in [0.2, 0.25) is 0 Å². The van der Waals surface area contributed by atoms with Crippen molar-refractivity contribution >= 4 is 22.9 Å². The number of hydrogen-bond acceptors (Lipinski definition) is 3. The molecule has 0 fully saturated rings. The summed E-state index contributed by atoms with van der Waals surface area (Å²) in [6.45, 7) is 6.22. The number of rotatable bonds is 7. The van der Waals surface area contributed by atoms with E-state index in [1.807, 2.05) is 6.92 Å². The summed E-state index contributed by atoms with van der Waals surface area (Å²) in [7, 11) is 3.45. The highest BCUT2D eigenvalue weighted by Crippen LogP contribution is 2.08. The molecule has 3 nitrogen and oxygen atoms in total. The van der Waals surface area contributed by atoms with Crippen LogP contribution in [0.5, 0.6) is 0 Å². The molecule has 80 valence electrons. The number of ether oxygens (including phenoxy) is 2. The minimum atomic E-state index is 0.152. The van der Waals surface area contributed by atoms with Gasteiger partial charge in [0.05, 0.1) is 12.2 Å². The fourth-order valence-electron chi connectivity index (χ4n) is 1.10. The van der Waals surface area contributed by atoms with Gasteiger partial charge in [0, 0.05) is 50.2 Å². The van der Waals surface area contributed by atoms with Crippen LogP contribution in [0.4, 0.5) is 0 Å². The van der Waals surface area contributed by atoms with Crippen LogP contribution >= 0.6 is 22.9 Å². The van der Waals surface area contributed by atoms with E-state index >= 15 is 0 Å². The molecule has 2 atom stereocenters. The Labute approximate surface area is 95.3 Å². The minimum absolute atomic E-state index is 0.152. The minimum Gasteiger partial charge on any atom is -0.379 e. The number of hydrogen-bond donors (Lipinski definition) is 0. The lowest BCUT2D eigenvalue weighted by Gasteiger charge is -2.25. The van der Waals surface area contributed by atoms with Crippen molar-refractivity contribution < 1.29 is 9.47 Å². The molecular weight excluding hydrogens is 281 g/mol. The van der Waals surface area contributed by atoms with Crippen LogP contribution in [0, 0.1) is 0 Å². The van der Waals surface area contributed by atoms with Gasteiger partial charge >= 0.3 is 0 Å². The molecule has 0 radical (unpaired) electrons. The number of methoxy groups -OCH3 is 2. The van der Waals surface area contributed by atoms with Crippen LogP contribution in [-0.2, 0) is 9.47 Å². The van der Waals surface area contributed by atoms with E-state index in [0.29, 0.717) is 0 Å². The SMILES string of the molecule is CCCN(I)CC(OC)C(C)OC. The zero-order valence-electron chi connectivity index (χ0n) is 8.92. The maximum absolute atomic E-state index is 5.35. The Morgan fingerprint density at radius 2 is 1.92 bits per heavy atom. The molecule has 0 bridgehead atoms. The molecule has 0 spiro atoms. The molecule has 0 rings (SSSR count). The van der Waals surface area contributed by atoms with E-state index in [1.54, 1.807) is 14.2 Å². The standard InChI is InChI=1S/C9H20INO2/c1-5-6-11(10)7-9(13-4)8(2)12-3/h8-9H,5-7H2,1-4H3. The molecule has 0 heterocycles. The predicted molar refractivity (Wildman–Crippen MR) is 63.2 cm³/mol. The van der Waals surface area contributed by atoms with Crippen molar-refractivity contribution in [3.63, 3.8) is 0 Å². The van der Waals surface area contributed by atoms with Gasteiger partial charge in [0.2, 0.25) is 0 Å². The molecular formula is C9H20INO2. The Balaban J connectivity index is 3.82. The second-order valence-corrected chi connectivity index (χ2v) is 4.45. The van der Waals surface area contributed by atoms with Gasteiger partial charge in [0.25, 0.3) is 0 Å². The third-order valence-corrected chi connectivity index (χ3v) is 2.92. The molecule has 0 aromatic carbocycles. The average molecular weight is 301 g/mol. The summed E-state index contributed by atoms with van der Waals surface area (Å²) in [6, 6.07) is 0. The van der Waals surface area contributed by atoms with Gasteiger partial charge in [-0.25, -0.2) is 3.11 Å². The van der Waals surface area contributed by atoms with Gasteiger partial charge in [0.15, 0.2) is 0 Å². The first-order valence-corrected chi connectivity index (χ1v) is 5.58. The van der Waals surface area contributed by atoms with Crippen molar-refractivity contribution in [1.29, 1.82) is 0 Å². The average Bonchev–Trinajstić information content (AvgIpc) is 2.13. The van der Waals surface area contributed by atoms with Gasteiger partial charge in [-0.3, -0.25) is 0 Å². The maximum Gasteiger partial charge on any atom is 0.0964 e. The second kappa shape index (κ2) is 7.96. The quantitative estimate of drug-likeness (QED) is 0.531. The molecule has 0 amide bonds. The van der Waals surface area contributed by atoms with E-state index in [-0.39, 0.29) is 12.2 Å². The lowest BCUT2D eigenvalue weighted by atomic mass is 10.2. The lowest BCUT2D eigenvalue weighted by Crippen LogP contribution is -2.36. The Kier molecular flexibility index (Phi) is 8.34. The molecule has 4 heteroatoms. The van der Waals surface area contributed by atoms with E-state index in [4.69, 9.17) is 9.47 Å². The number of halogens is 1. The third kappa shape index (κ3) is 5.83. The van der Waals surface area contributed by atoms with Crippen LogP contribution in [0.25, 0.3) is 0 Å². The molecule has 0 aliphatic rings. The summed E-state index contributed by atoms with van der Waals surface area (Å²) in [5.74, 6) is 0. The van der Waals surface area contributed by atoms with Gasteiger partial charge in [-0.2, -0.15) is 0 Å². The normalized spacial score (nSPS) is 16.2. The molecule has 0 aliphatic carbocycles. The highest BCUT2D eigenvalue weighted by Gasteiger charge is 2.18. The van der Waals surface area contributed by atoms with Crippen molar-refractivity contribution in [2.24, 2.45) is 0 Å². The Bertz CT molecular complexity index is 124. The fourth-order valence-corrected chi connectivity index (χ4v) is 1.97. The van der Waals surface area contributed by atoms with E-state index in [0.717, 1.165) is 13.1 Å². The van der Waals surface area contributed by atoms with E-state index in [2.05, 4.69) is 32.9 Å². The third-order valence-electron chi connectivity index (χ3n) is 2.04. The number of nitrogens with zero attached hydrogens (tertiary/aromatic N) is 1. The molecule has 0 aromatic heterocycles. The monoisotopic (exact) mass is 301 g/mol. The Hall–Kier alpha value is 0.610. The molecule has 2 unspecified atom stereocenters. The summed E-state index contributed by atoms with van der Waals surface area (Å²) >= 11 is 2.33. The summed E-state index contributed by atoms with van der Waals surface area (Å²) in [5.41, 5.74) is 0. The van der Waals surface area contributed by atoms with Gasteiger partial charge in [-0.05, 0) is 13.3 Å². The highest BCUT2D eigenvalue weighted by molar-refractivity contribution is 14.1. The molecule has 13 heavy (non-hydrogen) atoms. The lowest BCUT2D eigenvalue weighted by molar-refractivity contribution is -0.0305. The fraction of sp³-hybridized carbons (Fsp3) is 1.00. The van der Waals surface area contributed by atoms with E-state index in [9.17, 15) is 0 Å². The summed E-state index contributed by atoms with van der Waals surface area (Å²) in [4.78, 5) is 0. The van der Waals surface area contributed by atoms with Gasteiger partial charge < -0.3 is 9.47 Å². The van der Waals surface area contributed by atoms with Crippen molar-refractivity contribution in [1.82, 2.24) is 3.11 Å². The van der Waals surface area contributed by atoms with E-state index in [1.165, 1.54) is 6.42 Å². The first-order chi connectivity index (χ1) is 6.15. The van der Waals surface area contributed by atoms with Crippen LogP contribution in [-0.4, -0.2) is 42.6 Å². The van der Waals surface area contributed by atoms with Crippen molar-refractivity contribution in [2.45, 2.75) is 32.5 Å². The first kappa shape index (κ1) is 13.6. The molecule has 0 N–H and O–H groups in total. The van der Waals surface area contributed by atoms with Crippen LogP contribution in [0.15, 0.2) is 0 Å². The summed E-state index contributed by atoms with van der Waals surface area (Å²) in [6.07, 6.45) is 1.48. The smallest absolute Gasteiger partial charge is 0.0964 e. The topological polar surface area (TPSA) is 21.7 Å². The Morgan fingerprint density at radius 3 is 2.31 bits per heavy atom. The summed E-state index contributed by atoms with van der Waals surface area (Å²) < 4.78 is 12.8. The Morgan fingerprint density at radius 1 is 1.31 bits per heavy atom. The van der Waals surface area contributed by atoms with Gasteiger partial charge in [-0.1, -0.05) is 6.92 Å². The van der Waals surface area contributed by atoms with Crippen molar-refractivity contribution in [2.75, 3.05) is 27.3 Å². The predicted octanol–water partition coefficient (Wildman–Crippen LogP) is 2.10. The van der Waals surface area contributed by atoms with Crippen LogP contribution in [0.1, 0.15) is 20.3 Å². The van der Waals surface area contributed by atoms with Crippen LogP contribution in [0.3, 0.4) is 0 Å². The van der Waals surface area contributed by atoms with Crippen molar-refractivity contribution in [3.8, 4) is 0 Å².